The maximum absolute atomic E-state index is 10.6. The molecule has 1 aromatic carbocycles. The van der Waals surface area contributed by atoms with Crippen molar-refractivity contribution in [2.24, 2.45) is 5.73 Å². The number of nitro groups is 1. The Labute approximate surface area is 99.6 Å². The molecule has 88 valence electrons. The van der Waals surface area contributed by atoms with Crippen LogP contribution in [0.15, 0.2) is 18.2 Å². The van der Waals surface area contributed by atoms with Gasteiger partial charge in [-0.05, 0) is 38.3 Å². The van der Waals surface area contributed by atoms with Gasteiger partial charge in [-0.1, -0.05) is 17.7 Å². The fraction of sp³-hybridized carbons (Fsp3) is 0.455. The van der Waals surface area contributed by atoms with E-state index in [0.717, 1.165) is 18.4 Å². The molecule has 0 amide bonds. The molecular weight excluding hydrogens is 228 g/mol. The van der Waals surface area contributed by atoms with Gasteiger partial charge in [0.1, 0.15) is 5.02 Å². The summed E-state index contributed by atoms with van der Waals surface area (Å²) in [6, 6.07) is 4.78. The van der Waals surface area contributed by atoms with E-state index in [4.69, 9.17) is 17.3 Å². The van der Waals surface area contributed by atoms with E-state index in [2.05, 4.69) is 0 Å². The number of benzene rings is 1. The number of nitrogens with two attached hydrogens (primary N) is 1. The quantitative estimate of drug-likeness (QED) is 0.652. The average Bonchev–Trinajstić information content (AvgIpc) is 2.13. The van der Waals surface area contributed by atoms with Crippen molar-refractivity contribution in [2.45, 2.75) is 32.2 Å². The van der Waals surface area contributed by atoms with E-state index in [-0.39, 0.29) is 16.2 Å². The molecule has 16 heavy (non-hydrogen) atoms. The Morgan fingerprint density at radius 2 is 2.12 bits per heavy atom. The van der Waals surface area contributed by atoms with Crippen molar-refractivity contribution in [3.05, 3.63) is 38.9 Å². The van der Waals surface area contributed by atoms with Crippen molar-refractivity contribution in [1.29, 1.82) is 0 Å². The third-order valence-corrected chi connectivity index (χ3v) is 2.57. The lowest BCUT2D eigenvalue weighted by molar-refractivity contribution is -0.384. The molecule has 1 aromatic rings. The highest BCUT2D eigenvalue weighted by Crippen LogP contribution is 2.25. The van der Waals surface area contributed by atoms with Gasteiger partial charge in [-0.2, -0.15) is 0 Å². The molecule has 0 aliphatic heterocycles. The summed E-state index contributed by atoms with van der Waals surface area (Å²) in [4.78, 5) is 10.1. The van der Waals surface area contributed by atoms with Crippen LogP contribution in [0.1, 0.15) is 25.8 Å². The SMILES string of the molecule is CC(C)(N)CCc1ccc([N+](=O)[O-])c(Cl)c1. The molecule has 5 heteroatoms. The van der Waals surface area contributed by atoms with Crippen LogP contribution in [0, 0.1) is 10.1 Å². The van der Waals surface area contributed by atoms with Gasteiger partial charge in [-0.15, -0.1) is 0 Å². The van der Waals surface area contributed by atoms with Crippen LogP contribution in [0.3, 0.4) is 0 Å². The second-order valence-corrected chi connectivity index (χ2v) is 4.94. The Balaban J connectivity index is 2.78. The average molecular weight is 243 g/mol. The minimum absolute atomic E-state index is 0.0579. The Hall–Kier alpha value is -1.13. The summed E-state index contributed by atoms with van der Waals surface area (Å²) >= 11 is 5.80. The van der Waals surface area contributed by atoms with Crippen LogP contribution in [0.4, 0.5) is 5.69 Å². The summed E-state index contributed by atoms with van der Waals surface area (Å²) in [5, 5.41) is 10.7. The van der Waals surface area contributed by atoms with Crippen LogP contribution in [-0.2, 0) is 6.42 Å². The molecule has 2 N–H and O–H groups in total. The van der Waals surface area contributed by atoms with Crippen LogP contribution in [-0.4, -0.2) is 10.5 Å². The maximum Gasteiger partial charge on any atom is 0.287 e. The van der Waals surface area contributed by atoms with E-state index in [1.165, 1.54) is 6.07 Å². The normalized spacial score (nSPS) is 11.5. The van der Waals surface area contributed by atoms with Gasteiger partial charge in [0.15, 0.2) is 0 Å². The predicted molar refractivity (Wildman–Crippen MR) is 64.7 cm³/mol. The van der Waals surface area contributed by atoms with Crippen LogP contribution in [0.5, 0.6) is 0 Å². The first-order valence-electron chi connectivity index (χ1n) is 5.01. The fourth-order valence-corrected chi connectivity index (χ4v) is 1.59. The predicted octanol–water partition coefficient (Wildman–Crippen LogP) is 2.92. The minimum atomic E-state index is -0.487. The number of nitro benzene ring substituents is 1. The molecule has 0 bridgehead atoms. The summed E-state index contributed by atoms with van der Waals surface area (Å²) in [7, 11) is 0. The fourth-order valence-electron chi connectivity index (χ4n) is 1.32. The Bertz CT molecular complexity index is 399. The number of halogens is 1. The zero-order chi connectivity index (χ0) is 12.3. The van der Waals surface area contributed by atoms with E-state index >= 15 is 0 Å². The van der Waals surface area contributed by atoms with Crippen molar-refractivity contribution in [2.75, 3.05) is 0 Å². The zero-order valence-corrected chi connectivity index (χ0v) is 10.1. The molecule has 0 unspecified atom stereocenters. The monoisotopic (exact) mass is 242 g/mol. The van der Waals surface area contributed by atoms with E-state index in [1.807, 2.05) is 13.8 Å². The maximum atomic E-state index is 10.6. The molecule has 1 rings (SSSR count). The summed E-state index contributed by atoms with van der Waals surface area (Å²) in [5.74, 6) is 0. The smallest absolute Gasteiger partial charge is 0.287 e. The molecule has 0 aliphatic rings. The Kier molecular flexibility index (Phi) is 3.88. The first-order chi connectivity index (χ1) is 7.29. The van der Waals surface area contributed by atoms with E-state index in [0.29, 0.717) is 0 Å². The molecule has 0 saturated heterocycles. The molecule has 0 aromatic heterocycles. The Morgan fingerprint density at radius 1 is 1.50 bits per heavy atom. The van der Waals surface area contributed by atoms with E-state index in [9.17, 15) is 10.1 Å². The molecule has 0 saturated carbocycles. The lowest BCUT2D eigenvalue weighted by Crippen LogP contribution is -2.32. The van der Waals surface area contributed by atoms with E-state index < -0.39 is 4.92 Å². The summed E-state index contributed by atoms with van der Waals surface area (Å²) in [5.41, 5.74) is 6.53. The van der Waals surface area contributed by atoms with Crippen LogP contribution < -0.4 is 5.73 Å². The summed E-state index contributed by atoms with van der Waals surface area (Å²) in [6.07, 6.45) is 1.57. The number of rotatable bonds is 4. The first-order valence-corrected chi connectivity index (χ1v) is 5.39. The topological polar surface area (TPSA) is 69.2 Å². The van der Waals surface area contributed by atoms with Gasteiger partial charge < -0.3 is 5.73 Å². The van der Waals surface area contributed by atoms with Gasteiger partial charge >= 0.3 is 0 Å². The molecular formula is C11H15ClN2O2. The minimum Gasteiger partial charge on any atom is -0.326 e. The van der Waals surface area contributed by atoms with Gasteiger partial charge in [-0.25, -0.2) is 0 Å². The van der Waals surface area contributed by atoms with Gasteiger partial charge in [0, 0.05) is 11.6 Å². The van der Waals surface area contributed by atoms with Crippen LogP contribution >= 0.6 is 11.6 Å². The second-order valence-electron chi connectivity index (χ2n) is 4.53. The van der Waals surface area contributed by atoms with Gasteiger partial charge in [-0.3, -0.25) is 10.1 Å². The third-order valence-electron chi connectivity index (χ3n) is 2.27. The molecule has 0 aliphatic carbocycles. The highest BCUT2D eigenvalue weighted by molar-refractivity contribution is 6.32. The summed E-state index contributed by atoms with van der Waals surface area (Å²) in [6.45, 7) is 3.89. The number of hydrogen-bond donors (Lipinski definition) is 1. The third kappa shape index (κ3) is 3.79. The van der Waals surface area contributed by atoms with Gasteiger partial charge in [0.2, 0.25) is 0 Å². The first kappa shape index (κ1) is 12.9. The van der Waals surface area contributed by atoms with Crippen LogP contribution in [0.25, 0.3) is 0 Å². The van der Waals surface area contributed by atoms with Crippen molar-refractivity contribution in [1.82, 2.24) is 0 Å². The van der Waals surface area contributed by atoms with Crippen molar-refractivity contribution >= 4 is 17.3 Å². The van der Waals surface area contributed by atoms with Crippen molar-refractivity contribution in [3.8, 4) is 0 Å². The molecule has 0 spiro atoms. The highest BCUT2D eigenvalue weighted by Gasteiger charge is 2.14. The van der Waals surface area contributed by atoms with Crippen LogP contribution in [0.2, 0.25) is 5.02 Å². The molecule has 0 heterocycles. The van der Waals surface area contributed by atoms with Crippen molar-refractivity contribution < 1.29 is 4.92 Å². The molecule has 0 fully saturated rings. The largest absolute Gasteiger partial charge is 0.326 e. The summed E-state index contributed by atoms with van der Waals surface area (Å²) < 4.78 is 0. The molecule has 0 atom stereocenters. The highest BCUT2D eigenvalue weighted by atomic mass is 35.5. The van der Waals surface area contributed by atoms with Gasteiger partial charge in [0.05, 0.1) is 4.92 Å². The molecule has 0 radical (unpaired) electrons. The van der Waals surface area contributed by atoms with E-state index in [1.54, 1.807) is 12.1 Å². The lowest BCUT2D eigenvalue weighted by atomic mass is 9.96. The standard InChI is InChI=1S/C11H15ClN2O2/c1-11(2,13)6-5-8-3-4-10(14(15)16)9(12)7-8/h3-4,7H,5-6,13H2,1-2H3. The molecule has 4 nitrogen and oxygen atoms in total. The Morgan fingerprint density at radius 3 is 2.56 bits per heavy atom. The zero-order valence-electron chi connectivity index (χ0n) is 9.37. The lowest BCUT2D eigenvalue weighted by Gasteiger charge is -2.17. The number of hydrogen-bond acceptors (Lipinski definition) is 3. The number of aryl methyl sites for hydroxylation is 1. The second kappa shape index (κ2) is 4.80. The van der Waals surface area contributed by atoms with Crippen molar-refractivity contribution in [3.63, 3.8) is 0 Å². The number of nitrogens with zero attached hydrogens (tertiary/aromatic N) is 1. The van der Waals surface area contributed by atoms with Gasteiger partial charge in [0.25, 0.3) is 5.69 Å².